The minimum Gasteiger partial charge on any atom is -0.290 e. The zero-order chi connectivity index (χ0) is 13.9. The van der Waals surface area contributed by atoms with Gasteiger partial charge in [0.25, 0.3) is 0 Å². The van der Waals surface area contributed by atoms with E-state index in [1.54, 1.807) is 0 Å². The van der Waals surface area contributed by atoms with Gasteiger partial charge in [0.1, 0.15) is 0 Å². The highest BCUT2D eigenvalue weighted by Crippen LogP contribution is 2.32. The molecule has 3 heterocycles. The molecule has 0 aromatic carbocycles. The number of hydrogen-bond acceptors (Lipinski definition) is 3. The minimum atomic E-state index is 0.465. The van der Waals surface area contributed by atoms with Crippen molar-refractivity contribution in [3.05, 3.63) is 47.0 Å². The molecule has 1 N–H and O–H groups in total. The highest BCUT2D eigenvalue weighted by molar-refractivity contribution is 5.20. The molecule has 106 valence electrons. The lowest BCUT2D eigenvalue weighted by molar-refractivity contribution is 0.136. The predicted molar refractivity (Wildman–Crippen MR) is 79.3 cm³/mol. The van der Waals surface area contributed by atoms with Gasteiger partial charge in [-0.2, -0.15) is 5.10 Å². The van der Waals surface area contributed by atoms with Gasteiger partial charge >= 0.3 is 0 Å². The van der Waals surface area contributed by atoms with Crippen LogP contribution in [0.5, 0.6) is 0 Å². The van der Waals surface area contributed by atoms with Crippen LogP contribution in [0.2, 0.25) is 0 Å². The molecule has 1 atom stereocenters. The Kier molecular flexibility index (Phi) is 3.83. The first kappa shape index (κ1) is 13.3. The highest BCUT2D eigenvalue weighted by Gasteiger charge is 2.26. The van der Waals surface area contributed by atoms with Crippen molar-refractivity contribution < 1.29 is 0 Å². The lowest BCUT2D eigenvalue weighted by Crippen LogP contribution is -2.33. The second-order valence-electron chi connectivity index (χ2n) is 5.76. The third kappa shape index (κ3) is 2.75. The molecule has 20 heavy (non-hydrogen) atoms. The van der Waals surface area contributed by atoms with E-state index >= 15 is 0 Å². The summed E-state index contributed by atoms with van der Waals surface area (Å²) >= 11 is 0. The first-order chi connectivity index (χ1) is 9.74. The summed E-state index contributed by atoms with van der Waals surface area (Å²) < 4.78 is 0. The van der Waals surface area contributed by atoms with E-state index < -0.39 is 0 Å². The quantitative estimate of drug-likeness (QED) is 0.932. The molecule has 0 bridgehead atoms. The molecule has 0 radical (unpaired) electrons. The van der Waals surface area contributed by atoms with Gasteiger partial charge in [0.2, 0.25) is 0 Å². The Morgan fingerprint density at radius 1 is 1.25 bits per heavy atom. The van der Waals surface area contributed by atoms with E-state index in [0.29, 0.717) is 6.04 Å². The molecule has 1 aliphatic heterocycles. The summed E-state index contributed by atoms with van der Waals surface area (Å²) in [7, 11) is 0. The summed E-state index contributed by atoms with van der Waals surface area (Å²) in [5.41, 5.74) is 4.92. The van der Waals surface area contributed by atoms with E-state index in [9.17, 15) is 0 Å². The Hall–Kier alpha value is -1.68. The molecule has 0 aliphatic carbocycles. The molecule has 3 rings (SSSR count). The summed E-state index contributed by atoms with van der Waals surface area (Å²) in [6, 6.07) is 4.75. The van der Waals surface area contributed by atoms with Crippen LogP contribution in [0.25, 0.3) is 0 Å². The highest BCUT2D eigenvalue weighted by atomic mass is 15.2. The zero-order valence-electron chi connectivity index (χ0n) is 12.3. The smallest absolute Gasteiger partial charge is 0.0553 e. The summed E-state index contributed by atoms with van der Waals surface area (Å²) in [6.45, 7) is 6.29. The summed E-state index contributed by atoms with van der Waals surface area (Å²) in [5.74, 6) is 0. The van der Waals surface area contributed by atoms with Gasteiger partial charge in [-0.3, -0.25) is 15.0 Å². The van der Waals surface area contributed by atoms with Crippen LogP contribution >= 0.6 is 0 Å². The molecular weight excluding hydrogens is 248 g/mol. The van der Waals surface area contributed by atoms with Crippen molar-refractivity contribution in [1.82, 2.24) is 20.1 Å². The zero-order valence-corrected chi connectivity index (χ0v) is 12.3. The van der Waals surface area contributed by atoms with Crippen LogP contribution in [0.15, 0.2) is 24.5 Å². The van der Waals surface area contributed by atoms with Crippen LogP contribution in [0.4, 0.5) is 0 Å². The Balaban J connectivity index is 1.79. The Morgan fingerprint density at radius 3 is 2.85 bits per heavy atom. The maximum absolute atomic E-state index is 4.40. The van der Waals surface area contributed by atoms with Crippen molar-refractivity contribution in [2.45, 2.75) is 45.7 Å². The summed E-state index contributed by atoms with van der Waals surface area (Å²) in [5, 5.41) is 7.38. The van der Waals surface area contributed by atoms with Crippen molar-refractivity contribution in [2.75, 3.05) is 6.54 Å². The van der Waals surface area contributed by atoms with E-state index in [1.165, 1.54) is 36.1 Å². The largest absolute Gasteiger partial charge is 0.290 e. The van der Waals surface area contributed by atoms with Gasteiger partial charge in [0.15, 0.2) is 0 Å². The number of nitrogens with one attached hydrogen (secondary N) is 1. The average Bonchev–Trinajstić information content (AvgIpc) is 2.88. The predicted octanol–water partition coefficient (Wildman–Crippen LogP) is 3.15. The first-order valence-electron chi connectivity index (χ1n) is 7.39. The molecular formula is C16H22N4. The van der Waals surface area contributed by atoms with Gasteiger partial charge in [-0.05, 0) is 50.4 Å². The van der Waals surface area contributed by atoms with Crippen LogP contribution in [-0.2, 0) is 6.54 Å². The monoisotopic (exact) mass is 270 g/mol. The van der Waals surface area contributed by atoms with Crippen LogP contribution in [-0.4, -0.2) is 26.6 Å². The Bertz CT molecular complexity index is 558. The average molecular weight is 270 g/mol. The molecule has 0 spiro atoms. The molecule has 1 saturated heterocycles. The van der Waals surface area contributed by atoms with E-state index in [0.717, 1.165) is 18.8 Å². The molecule has 2 aromatic heterocycles. The third-order valence-corrected chi connectivity index (χ3v) is 4.17. The van der Waals surface area contributed by atoms with Crippen LogP contribution in [0, 0.1) is 13.8 Å². The Morgan fingerprint density at radius 2 is 2.15 bits per heavy atom. The molecule has 4 heteroatoms. The fourth-order valence-electron chi connectivity index (χ4n) is 3.03. The minimum absolute atomic E-state index is 0.465. The maximum atomic E-state index is 4.40. The second-order valence-corrected chi connectivity index (χ2v) is 5.76. The number of piperidine rings is 1. The van der Waals surface area contributed by atoms with Gasteiger partial charge in [-0.25, -0.2) is 0 Å². The molecule has 4 nitrogen and oxygen atoms in total. The van der Waals surface area contributed by atoms with Gasteiger partial charge < -0.3 is 0 Å². The van der Waals surface area contributed by atoms with Crippen molar-refractivity contribution >= 4 is 0 Å². The number of H-pyrrole nitrogens is 1. The fraction of sp³-hybridized carbons (Fsp3) is 0.500. The van der Waals surface area contributed by atoms with Crippen LogP contribution < -0.4 is 0 Å². The second kappa shape index (κ2) is 5.75. The van der Waals surface area contributed by atoms with Crippen LogP contribution in [0.1, 0.15) is 47.8 Å². The van der Waals surface area contributed by atoms with E-state index in [4.69, 9.17) is 0 Å². The normalized spacial score (nSPS) is 20.2. The van der Waals surface area contributed by atoms with Crippen molar-refractivity contribution in [1.29, 1.82) is 0 Å². The van der Waals surface area contributed by atoms with Gasteiger partial charge in [-0.1, -0.05) is 12.5 Å². The molecule has 0 amide bonds. The molecule has 2 aromatic rings. The van der Waals surface area contributed by atoms with E-state index in [2.05, 4.69) is 39.1 Å². The lowest BCUT2D eigenvalue weighted by atomic mass is 9.97. The Labute approximate surface area is 120 Å². The number of aryl methyl sites for hydroxylation is 2. The molecule has 1 aliphatic rings. The number of pyridine rings is 1. The number of nitrogens with zero attached hydrogens (tertiary/aromatic N) is 3. The van der Waals surface area contributed by atoms with Crippen molar-refractivity contribution in [3.8, 4) is 0 Å². The number of hydrogen-bond donors (Lipinski definition) is 1. The van der Waals surface area contributed by atoms with Crippen molar-refractivity contribution in [3.63, 3.8) is 0 Å². The SMILES string of the molecule is Cc1ccc(CN2CCCC[C@@H]2c2[nH]ncc2C)cn1. The summed E-state index contributed by atoms with van der Waals surface area (Å²) in [6.07, 6.45) is 7.72. The van der Waals surface area contributed by atoms with E-state index in [-0.39, 0.29) is 0 Å². The number of rotatable bonds is 3. The number of aromatic nitrogens is 3. The van der Waals surface area contributed by atoms with Gasteiger partial charge in [0, 0.05) is 18.4 Å². The number of likely N-dealkylation sites (tertiary alicyclic amines) is 1. The molecule has 0 saturated carbocycles. The number of aromatic amines is 1. The third-order valence-electron chi connectivity index (χ3n) is 4.17. The van der Waals surface area contributed by atoms with Crippen LogP contribution in [0.3, 0.4) is 0 Å². The summed E-state index contributed by atoms with van der Waals surface area (Å²) in [4.78, 5) is 6.96. The lowest BCUT2D eigenvalue weighted by Gasteiger charge is -2.35. The maximum Gasteiger partial charge on any atom is 0.0553 e. The molecule has 1 fully saturated rings. The standard InChI is InChI=1S/C16H22N4/c1-12-9-18-19-16(12)15-5-3-4-8-20(15)11-14-7-6-13(2)17-10-14/h6-7,9-10,15H,3-5,8,11H2,1-2H3,(H,18,19)/t15-/m1/s1. The van der Waals surface area contributed by atoms with Gasteiger partial charge in [-0.15, -0.1) is 0 Å². The van der Waals surface area contributed by atoms with Gasteiger partial charge in [0.05, 0.1) is 17.9 Å². The first-order valence-corrected chi connectivity index (χ1v) is 7.39. The van der Waals surface area contributed by atoms with Crippen molar-refractivity contribution in [2.24, 2.45) is 0 Å². The van der Waals surface area contributed by atoms with E-state index in [1.807, 2.05) is 19.3 Å². The fourth-order valence-corrected chi connectivity index (χ4v) is 3.03. The topological polar surface area (TPSA) is 44.8 Å². The molecule has 0 unspecified atom stereocenters.